The molecule has 6 heteroatoms. The number of rotatable bonds is 6. The second kappa shape index (κ2) is 6.89. The number of benzene rings is 1. The van der Waals surface area contributed by atoms with Crippen LogP contribution in [0.3, 0.4) is 0 Å². The highest BCUT2D eigenvalue weighted by molar-refractivity contribution is 7.09. The van der Waals surface area contributed by atoms with Gasteiger partial charge in [-0.3, -0.25) is 4.79 Å². The summed E-state index contributed by atoms with van der Waals surface area (Å²) in [7, 11) is 1.64. The standard InChI is InChI=1S/C16H21N3O2S/c1-16(2,11-4-6-12(21-3)7-5-11)10-18-15(20)13-9-22-14(8-17)19-13/h4-7,9H,8,10,17H2,1-3H3,(H,18,20). The Morgan fingerprint density at radius 1 is 1.36 bits per heavy atom. The molecule has 1 aromatic carbocycles. The molecule has 0 saturated heterocycles. The quantitative estimate of drug-likeness (QED) is 0.856. The number of thiazole rings is 1. The van der Waals surface area contributed by atoms with Gasteiger partial charge in [0, 0.05) is 23.9 Å². The molecule has 0 atom stereocenters. The molecule has 22 heavy (non-hydrogen) atoms. The summed E-state index contributed by atoms with van der Waals surface area (Å²) < 4.78 is 5.16. The lowest BCUT2D eigenvalue weighted by Gasteiger charge is -2.25. The Morgan fingerprint density at radius 2 is 2.05 bits per heavy atom. The van der Waals surface area contributed by atoms with Gasteiger partial charge >= 0.3 is 0 Å². The number of hydrogen-bond donors (Lipinski definition) is 2. The predicted molar refractivity (Wildman–Crippen MR) is 88.4 cm³/mol. The second-order valence-electron chi connectivity index (χ2n) is 5.63. The van der Waals surface area contributed by atoms with Gasteiger partial charge in [0.05, 0.1) is 7.11 Å². The van der Waals surface area contributed by atoms with Gasteiger partial charge in [0.25, 0.3) is 5.91 Å². The van der Waals surface area contributed by atoms with Crippen LogP contribution in [-0.4, -0.2) is 24.5 Å². The molecule has 0 aliphatic heterocycles. The smallest absolute Gasteiger partial charge is 0.270 e. The van der Waals surface area contributed by atoms with Crippen molar-refractivity contribution in [2.75, 3.05) is 13.7 Å². The lowest BCUT2D eigenvalue weighted by molar-refractivity contribution is 0.0941. The molecule has 0 unspecified atom stereocenters. The molecular formula is C16H21N3O2S. The van der Waals surface area contributed by atoms with Crippen LogP contribution in [0.2, 0.25) is 0 Å². The fourth-order valence-electron chi connectivity index (χ4n) is 2.05. The Morgan fingerprint density at radius 3 is 2.59 bits per heavy atom. The van der Waals surface area contributed by atoms with E-state index < -0.39 is 0 Å². The van der Waals surface area contributed by atoms with Gasteiger partial charge in [-0.25, -0.2) is 4.98 Å². The monoisotopic (exact) mass is 319 g/mol. The Kier molecular flexibility index (Phi) is 5.15. The molecule has 118 valence electrons. The van der Waals surface area contributed by atoms with Crippen molar-refractivity contribution in [3.63, 3.8) is 0 Å². The molecule has 2 aromatic rings. The number of methoxy groups -OCH3 is 1. The van der Waals surface area contributed by atoms with Crippen molar-refractivity contribution in [2.45, 2.75) is 25.8 Å². The SMILES string of the molecule is COc1ccc(C(C)(C)CNC(=O)c2csc(CN)n2)cc1. The molecule has 0 aliphatic carbocycles. The molecule has 5 nitrogen and oxygen atoms in total. The zero-order chi connectivity index (χ0) is 16.2. The lowest BCUT2D eigenvalue weighted by Crippen LogP contribution is -2.36. The van der Waals surface area contributed by atoms with E-state index in [9.17, 15) is 4.79 Å². The number of nitrogens with one attached hydrogen (secondary N) is 1. The van der Waals surface area contributed by atoms with Gasteiger partial charge < -0.3 is 15.8 Å². The predicted octanol–water partition coefficient (Wildman–Crippen LogP) is 2.32. The van der Waals surface area contributed by atoms with E-state index in [1.54, 1.807) is 12.5 Å². The van der Waals surface area contributed by atoms with Crippen LogP contribution in [0.1, 0.15) is 34.9 Å². The summed E-state index contributed by atoms with van der Waals surface area (Å²) in [5, 5.41) is 5.43. The van der Waals surface area contributed by atoms with Gasteiger partial charge in [0.2, 0.25) is 0 Å². The van der Waals surface area contributed by atoms with E-state index in [1.165, 1.54) is 11.3 Å². The van der Waals surface area contributed by atoms with Gasteiger partial charge in [0.1, 0.15) is 16.5 Å². The third-order valence-electron chi connectivity index (χ3n) is 3.52. The van der Waals surface area contributed by atoms with Crippen LogP contribution in [0.5, 0.6) is 5.75 Å². The summed E-state index contributed by atoms with van der Waals surface area (Å²) in [5.74, 6) is 0.651. The molecule has 0 fully saturated rings. The van der Waals surface area contributed by atoms with E-state index in [-0.39, 0.29) is 11.3 Å². The van der Waals surface area contributed by atoms with Gasteiger partial charge in [-0.15, -0.1) is 11.3 Å². The molecule has 0 radical (unpaired) electrons. The lowest BCUT2D eigenvalue weighted by atomic mass is 9.84. The molecular weight excluding hydrogens is 298 g/mol. The van der Waals surface area contributed by atoms with Gasteiger partial charge in [-0.2, -0.15) is 0 Å². The average Bonchev–Trinajstić information content (AvgIpc) is 3.02. The van der Waals surface area contributed by atoms with E-state index in [4.69, 9.17) is 10.5 Å². The first-order valence-corrected chi connectivity index (χ1v) is 7.91. The molecule has 0 bridgehead atoms. The molecule has 1 aromatic heterocycles. The second-order valence-corrected chi connectivity index (χ2v) is 6.57. The molecule has 1 amide bonds. The third-order valence-corrected chi connectivity index (χ3v) is 4.39. The number of aromatic nitrogens is 1. The summed E-state index contributed by atoms with van der Waals surface area (Å²) in [6.07, 6.45) is 0. The molecule has 0 saturated carbocycles. The van der Waals surface area contributed by atoms with Gasteiger partial charge in [-0.1, -0.05) is 26.0 Å². The van der Waals surface area contributed by atoms with Crippen molar-refractivity contribution in [1.29, 1.82) is 0 Å². The first-order chi connectivity index (χ1) is 10.5. The highest BCUT2D eigenvalue weighted by Gasteiger charge is 2.22. The van der Waals surface area contributed by atoms with Crippen LogP contribution in [0.15, 0.2) is 29.6 Å². The van der Waals surface area contributed by atoms with E-state index >= 15 is 0 Å². The first-order valence-electron chi connectivity index (χ1n) is 7.03. The van der Waals surface area contributed by atoms with Crippen LogP contribution in [0, 0.1) is 0 Å². The minimum absolute atomic E-state index is 0.169. The third kappa shape index (κ3) is 3.84. The zero-order valence-corrected chi connectivity index (χ0v) is 13.9. The summed E-state index contributed by atoms with van der Waals surface area (Å²) in [4.78, 5) is 16.3. The zero-order valence-electron chi connectivity index (χ0n) is 13.1. The van der Waals surface area contributed by atoms with Crippen LogP contribution in [0.4, 0.5) is 0 Å². The maximum absolute atomic E-state index is 12.1. The van der Waals surface area contributed by atoms with Crippen molar-refractivity contribution in [2.24, 2.45) is 5.73 Å². The van der Waals surface area contributed by atoms with Crippen molar-refractivity contribution >= 4 is 17.2 Å². The molecule has 2 rings (SSSR count). The number of hydrogen-bond acceptors (Lipinski definition) is 5. The molecule has 0 aliphatic rings. The highest BCUT2D eigenvalue weighted by Crippen LogP contribution is 2.24. The molecule has 1 heterocycles. The van der Waals surface area contributed by atoms with Crippen molar-refractivity contribution in [1.82, 2.24) is 10.3 Å². The van der Waals surface area contributed by atoms with Crippen LogP contribution >= 0.6 is 11.3 Å². The van der Waals surface area contributed by atoms with Gasteiger partial charge in [0.15, 0.2) is 0 Å². The number of nitrogens with two attached hydrogens (primary N) is 1. The fourth-order valence-corrected chi connectivity index (χ4v) is 2.70. The minimum Gasteiger partial charge on any atom is -0.497 e. The highest BCUT2D eigenvalue weighted by atomic mass is 32.1. The maximum Gasteiger partial charge on any atom is 0.270 e. The number of ether oxygens (including phenoxy) is 1. The number of carbonyl (C=O) groups excluding carboxylic acids is 1. The first kappa shape index (κ1) is 16.5. The summed E-state index contributed by atoms with van der Waals surface area (Å²) >= 11 is 1.40. The van der Waals surface area contributed by atoms with Crippen LogP contribution in [-0.2, 0) is 12.0 Å². The van der Waals surface area contributed by atoms with Crippen molar-refractivity contribution in [3.05, 3.63) is 45.9 Å². The molecule has 0 spiro atoms. The average molecular weight is 319 g/mol. The summed E-state index contributed by atoms with van der Waals surface area (Å²) in [6.45, 7) is 5.05. The van der Waals surface area contributed by atoms with Gasteiger partial charge in [-0.05, 0) is 17.7 Å². The summed E-state index contributed by atoms with van der Waals surface area (Å²) in [6, 6.07) is 7.88. The van der Waals surface area contributed by atoms with E-state index in [2.05, 4.69) is 24.1 Å². The van der Waals surface area contributed by atoms with E-state index in [1.807, 2.05) is 24.3 Å². The van der Waals surface area contributed by atoms with Crippen LogP contribution < -0.4 is 15.8 Å². The number of amides is 1. The largest absolute Gasteiger partial charge is 0.497 e. The Hall–Kier alpha value is -1.92. The Bertz CT molecular complexity index is 635. The van der Waals surface area contributed by atoms with Crippen LogP contribution in [0.25, 0.3) is 0 Å². The summed E-state index contributed by atoms with van der Waals surface area (Å²) in [5.41, 5.74) is 6.89. The van der Waals surface area contributed by atoms with E-state index in [0.29, 0.717) is 18.8 Å². The van der Waals surface area contributed by atoms with E-state index in [0.717, 1.165) is 16.3 Å². The Balaban J connectivity index is 2.00. The number of nitrogens with zero attached hydrogens (tertiary/aromatic N) is 1. The molecule has 3 N–H and O–H groups in total. The van der Waals surface area contributed by atoms with Crippen molar-refractivity contribution < 1.29 is 9.53 Å². The number of carbonyl (C=O) groups is 1. The topological polar surface area (TPSA) is 77.2 Å². The van der Waals surface area contributed by atoms with Crippen molar-refractivity contribution in [3.8, 4) is 5.75 Å². The normalized spacial score (nSPS) is 11.3. The maximum atomic E-state index is 12.1. The Labute approximate surface area is 134 Å². The minimum atomic E-state index is -0.186. The fraction of sp³-hybridized carbons (Fsp3) is 0.375.